The number of nitrogens with one attached hydrogen (secondary N) is 1. The van der Waals surface area contributed by atoms with Crippen LogP contribution in [0.15, 0.2) is 60.8 Å². The molecule has 194 valence electrons. The number of aromatic nitrogens is 3. The van der Waals surface area contributed by atoms with E-state index in [4.69, 9.17) is 14.6 Å². The Kier molecular flexibility index (Phi) is 7.59. The normalized spacial score (nSPS) is 14.3. The predicted molar refractivity (Wildman–Crippen MR) is 155 cm³/mol. The number of hydrogen-bond donors (Lipinski definition) is 1. The predicted octanol–water partition coefficient (Wildman–Crippen LogP) is 6.30. The largest absolute Gasteiger partial charge is 0.378 e. The summed E-state index contributed by atoms with van der Waals surface area (Å²) in [5.41, 5.74) is 6.37. The van der Waals surface area contributed by atoms with Gasteiger partial charge in [0.05, 0.1) is 18.7 Å². The number of fused-ring (bicyclic) bond motifs is 1. The van der Waals surface area contributed by atoms with E-state index in [0.717, 1.165) is 78.3 Å². The van der Waals surface area contributed by atoms with E-state index < -0.39 is 8.07 Å². The first-order valence-electron chi connectivity index (χ1n) is 13.1. The molecule has 0 bridgehead atoms. The van der Waals surface area contributed by atoms with E-state index in [0.29, 0.717) is 6.73 Å². The highest BCUT2D eigenvalue weighted by Crippen LogP contribution is 2.32. The van der Waals surface area contributed by atoms with Gasteiger partial charge < -0.3 is 19.7 Å². The van der Waals surface area contributed by atoms with Crippen LogP contribution < -0.4 is 10.2 Å². The van der Waals surface area contributed by atoms with Crippen molar-refractivity contribution in [1.82, 2.24) is 14.8 Å². The molecule has 0 amide bonds. The van der Waals surface area contributed by atoms with E-state index in [-0.39, 0.29) is 0 Å². The topological polar surface area (TPSA) is 64.4 Å². The van der Waals surface area contributed by atoms with E-state index in [2.05, 4.69) is 90.3 Å². The summed E-state index contributed by atoms with van der Waals surface area (Å²) < 4.78 is 13.6. The fraction of sp³-hybridized carbons (Fsp3) is 0.379. The summed E-state index contributed by atoms with van der Waals surface area (Å²) in [6.07, 6.45) is 1.88. The van der Waals surface area contributed by atoms with Crippen molar-refractivity contribution in [1.29, 1.82) is 0 Å². The Labute approximate surface area is 220 Å². The number of aryl methyl sites for hydroxylation is 1. The Bertz CT molecular complexity index is 1360. The lowest BCUT2D eigenvalue weighted by Crippen LogP contribution is -2.36. The molecule has 37 heavy (non-hydrogen) atoms. The van der Waals surface area contributed by atoms with E-state index in [1.165, 1.54) is 5.56 Å². The standard InChI is InChI=1S/C29H37N5O2Si/c1-22-6-5-7-24(18-22)31-25-8-9-27-26(20-25)29(32-34(27)21-36-16-17-37(2,3)4)23-10-11-30-28(19-23)33-12-14-35-15-13-33/h5-11,18-20,31H,12-17,21H2,1-4H3. The molecule has 5 rings (SSSR count). The number of ether oxygens (including phenoxy) is 2. The molecule has 2 aromatic heterocycles. The molecule has 4 aromatic rings. The lowest BCUT2D eigenvalue weighted by Gasteiger charge is -2.27. The molecule has 1 fully saturated rings. The first kappa shape index (κ1) is 25.4. The third-order valence-corrected chi connectivity index (χ3v) is 8.33. The number of morpholine rings is 1. The van der Waals surface area contributed by atoms with Crippen LogP contribution in [0.5, 0.6) is 0 Å². The van der Waals surface area contributed by atoms with Crippen molar-refractivity contribution in [3.63, 3.8) is 0 Å². The van der Waals surface area contributed by atoms with Gasteiger partial charge in [-0.05, 0) is 61.0 Å². The molecule has 7 nitrogen and oxygen atoms in total. The highest BCUT2D eigenvalue weighted by molar-refractivity contribution is 6.76. The summed E-state index contributed by atoms with van der Waals surface area (Å²) in [5, 5.41) is 9.69. The first-order valence-corrected chi connectivity index (χ1v) is 16.8. The van der Waals surface area contributed by atoms with E-state index in [1.807, 2.05) is 16.9 Å². The Morgan fingerprint density at radius 3 is 2.59 bits per heavy atom. The zero-order valence-corrected chi connectivity index (χ0v) is 23.3. The molecule has 0 aliphatic carbocycles. The summed E-state index contributed by atoms with van der Waals surface area (Å²) in [5.74, 6) is 0.962. The van der Waals surface area contributed by atoms with Crippen molar-refractivity contribution in [3.05, 3.63) is 66.4 Å². The zero-order valence-electron chi connectivity index (χ0n) is 22.3. The SMILES string of the molecule is Cc1cccc(Nc2ccc3c(c2)c(-c2ccnc(N4CCOCC4)c2)nn3COCC[Si](C)(C)C)c1. The molecule has 8 heteroatoms. The molecule has 0 spiro atoms. The van der Waals surface area contributed by atoms with Gasteiger partial charge in [0, 0.05) is 56.3 Å². The van der Waals surface area contributed by atoms with E-state index >= 15 is 0 Å². The van der Waals surface area contributed by atoms with Crippen LogP contribution in [-0.2, 0) is 16.2 Å². The molecule has 2 aromatic carbocycles. The highest BCUT2D eigenvalue weighted by atomic mass is 28.3. The molecule has 1 N–H and O–H groups in total. The molecule has 0 atom stereocenters. The summed E-state index contributed by atoms with van der Waals surface area (Å²) in [6, 6.07) is 20.2. The summed E-state index contributed by atoms with van der Waals surface area (Å²) in [7, 11) is -1.15. The first-order chi connectivity index (χ1) is 17.9. The fourth-order valence-electron chi connectivity index (χ4n) is 4.52. The van der Waals surface area contributed by atoms with Gasteiger partial charge in [-0.1, -0.05) is 31.8 Å². The highest BCUT2D eigenvalue weighted by Gasteiger charge is 2.18. The molecular formula is C29H37N5O2Si. The lowest BCUT2D eigenvalue weighted by atomic mass is 10.1. The van der Waals surface area contributed by atoms with Gasteiger partial charge >= 0.3 is 0 Å². The van der Waals surface area contributed by atoms with Crippen LogP contribution in [0.1, 0.15) is 5.56 Å². The van der Waals surface area contributed by atoms with Crippen molar-refractivity contribution in [2.24, 2.45) is 0 Å². The van der Waals surface area contributed by atoms with Crippen LogP contribution in [0.25, 0.3) is 22.2 Å². The van der Waals surface area contributed by atoms with Gasteiger partial charge in [0.15, 0.2) is 0 Å². The van der Waals surface area contributed by atoms with E-state index in [9.17, 15) is 0 Å². The van der Waals surface area contributed by atoms with Gasteiger partial charge in [0.2, 0.25) is 0 Å². The second kappa shape index (κ2) is 11.0. The van der Waals surface area contributed by atoms with Crippen LogP contribution in [-0.4, -0.2) is 55.7 Å². The van der Waals surface area contributed by atoms with Crippen molar-refractivity contribution in [3.8, 4) is 11.3 Å². The van der Waals surface area contributed by atoms with Crippen molar-refractivity contribution in [2.45, 2.75) is 39.3 Å². The Hall–Kier alpha value is -3.20. The van der Waals surface area contributed by atoms with Crippen LogP contribution >= 0.6 is 0 Å². The maximum atomic E-state index is 6.10. The van der Waals surface area contributed by atoms with Gasteiger partial charge in [-0.25, -0.2) is 9.67 Å². The minimum atomic E-state index is -1.15. The third kappa shape index (κ3) is 6.39. The van der Waals surface area contributed by atoms with Gasteiger partial charge in [-0.2, -0.15) is 5.10 Å². The smallest absolute Gasteiger partial charge is 0.140 e. The average Bonchev–Trinajstić information content (AvgIpc) is 3.24. The third-order valence-electron chi connectivity index (χ3n) is 6.62. The van der Waals surface area contributed by atoms with E-state index in [1.54, 1.807) is 0 Å². The summed E-state index contributed by atoms with van der Waals surface area (Å²) >= 11 is 0. The monoisotopic (exact) mass is 515 g/mol. The van der Waals surface area contributed by atoms with Crippen LogP contribution in [0.4, 0.5) is 17.2 Å². The second-order valence-corrected chi connectivity index (χ2v) is 16.5. The Balaban J connectivity index is 1.49. The number of benzene rings is 2. The maximum Gasteiger partial charge on any atom is 0.140 e. The Morgan fingerprint density at radius 2 is 1.81 bits per heavy atom. The maximum absolute atomic E-state index is 6.10. The average molecular weight is 516 g/mol. The van der Waals surface area contributed by atoms with Crippen molar-refractivity contribution >= 4 is 36.2 Å². The summed E-state index contributed by atoms with van der Waals surface area (Å²) in [6.45, 7) is 13.6. The number of hydrogen-bond acceptors (Lipinski definition) is 6. The number of rotatable bonds is 9. The molecule has 1 aliphatic rings. The van der Waals surface area contributed by atoms with Crippen molar-refractivity contribution in [2.75, 3.05) is 43.1 Å². The quantitative estimate of drug-likeness (QED) is 0.208. The van der Waals surface area contributed by atoms with Gasteiger partial charge in [-0.3, -0.25) is 0 Å². The molecule has 3 heterocycles. The van der Waals surface area contributed by atoms with Gasteiger partial charge in [0.1, 0.15) is 18.2 Å². The minimum Gasteiger partial charge on any atom is -0.378 e. The zero-order chi connectivity index (χ0) is 25.8. The van der Waals surface area contributed by atoms with Crippen LogP contribution in [0, 0.1) is 6.92 Å². The second-order valence-electron chi connectivity index (χ2n) is 10.9. The van der Waals surface area contributed by atoms with Gasteiger partial charge in [0.25, 0.3) is 0 Å². The molecule has 1 aliphatic heterocycles. The number of nitrogens with zero attached hydrogens (tertiary/aromatic N) is 4. The molecule has 0 unspecified atom stereocenters. The Morgan fingerprint density at radius 1 is 1.00 bits per heavy atom. The molecule has 0 saturated carbocycles. The van der Waals surface area contributed by atoms with Crippen molar-refractivity contribution < 1.29 is 9.47 Å². The lowest BCUT2D eigenvalue weighted by molar-refractivity contribution is 0.0818. The summed E-state index contributed by atoms with van der Waals surface area (Å²) in [4.78, 5) is 6.92. The fourth-order valence-corrected chi connectivity index (χ4v) is 5.28. The minimum absolute atomic E-state index is 0.438. The molecular weight excluding hydrogens is 478 g/mol. The number of pyridine rings is 1. The molecule has 0 radical (unpaired) electrons. The number of anilines is 3. The van der Waals surface area contributed by atoms with Crippen LogP contribution in [0.3, 0.4) is 0 Å². The van der Waals surface area contributed by atoms with Crippen LogP contribution in [0.2, 0.25) is 25.7 Å². The molecule has 1 saturated heterocycles. The van der Waals surface area contributed by atoms with Gasteiger partial charge in [-0.15, -0.1) is 0 Å².